The summed E-state index contributed by atoms with van der Waals surface area (Å²) in [6.07, 6.45) is 2.74. The Hall–Kier alpha value is -1.42. The molecule has 1 aliphatic rings. The molecule has 0 saturated heterocycles. The molecule has 114 valence electrons. The van der Waals surface area contributed by atoms with Crippen LogP contribution >= 0.6 is 0 Å². The zero-order chi connectivity index (χ0) is 15.3. The van der Waals surface area contributed by atoms with Crippen LogP contribution in [0.3, 0.4) is 0 Å². The zero-order valence-electron chi connectivity index (χ0n) is 12.2. The minimum atomic E-state index is -3.46. The summed E-state index contributed by atoms with van der Waals surface area (Å²) in [6, 6.07) is 9.14. The maximum atomic E-state index is 12.2. The van der Waals surface area contributed by atoms with Crippen LogP contribution in [-0.2, 0) is 16.4 Å². The van der Waals surface area contributed by atoms with Gasteiger partial charge < -0.3 is 0 Å². The fraction of sp³-hybridized carbons (Fsp3) is 0.533. The van der Waals surface area contributed by atoms with Crippen LogP contribution in [0.5, 0.6) is 0 Å². The van der Waals surface area contributed by atoms with Crippen molar-refractivity contribution in [2.24, 2.45) is 0 Å². The highest BCUT2D eigenvalue weighted by atomic mass is 32.2. The van der Waals surface area contributed by atoms with E-state index in [1.54, 1.807) is 24.3 Å². The van der Waals surface area contributed by atoms with Crippen molar-refractivity contribution in [2.75, 3.05) is 19.6 Å². The van der Waals surface area contributed by atoms with Gasteiger partial charge in [-0.15, -0.1) is 0 Å². The van der Waals surface area contributed by atoms with E-state index >= 15 is 0 Å². The van der Waals surface area contributed by atoms with E-state index in [4.69, 9.17) is 5.26 Å². The molecule has 0 aromatic heterocycles. The summed E-state index contributed by atoms with van der Waals surface area (Å²) in [5, 5.41) is 8.60. The molecule has 1 aromatic carbocycles. The summed E-state index contributed by atoms with van der Waals surface area (Å²) < 4.78 is 27.0. The van der Waals surface area contributed by atoms with Crippen molar-refractivity contribution in [2.45, 2.75) is 37.1 Å². The Bertz CT molecular complexity index is 601. The predicted octanol–water partition coefficient (Wildman–Crippen LogP) is 1.52. The molecule has 0 atom stereocenters. The number of rotatable bonds is 8. The number of nitrogens with zero attached hydrogens (tertiary/aromatic N) is 2. The Kier molecular flexibility index (Phi) is 5.34. The van der Waals surface area contributed by atoms with E-state index in [9.17, 15) is 8.42 Å². The number of benzene rings is 1. The van der Waals surface area contributed by atoms with E-state index in [1.165, 1.54) is 12.8 Å². The van der Waals surface area contributed by atoms with Crippen LogP contribution in [0.15, 0.2) is 29.2 Å². The van der Waals surface area contributed by atoms with Gasteiger partial charge in [0.25, 0.3) is 0 Å². The first-order valence-electron chi connectivity index (χ1n) is 7.26. The molecule has 0 unspecified atom stereocenters. The molecule has 0 bridgehead atoms. The lowest BCUT2D eigenvalue weighted by Crippen LogP contribution is -2.36. The summed E-state index contributed by atoms with van der Waals surface area (Å²) in [6.45, 7) is 4.22. The maximum Gasteiger partial charge on any atom is 0.240 e. The molecule has 1 saturated carbocycles. The van der Waals surface area contributed by atoms with E-state index in [2.05, 4.69) is 16.5 Å². The van der Waals surface area contributed by atoms with Gasteiger partial charge in [-0.3, -0.25) is 4.90 Å². The zero-order valence-corrected chi connectivity index (χ0v) is 13.1. The summed E-state index contributed by atoms with van der Waals surface area (Å²) >= 11 is 0. The fourth-order valence-electron chi connectivity index (χ4n) is 2.32. The summed E-state index contributed by atoms with van der Waals surface area (Å²) in [7, 11) is -3.46. The van der Waals surface area contributed by atoms with Crippen LogP contribution in [0, 0.1) is 11.3 Å². The topological polar surface area (TPSA) is 73.2 Å². The van der Waals surface area contributed by atoms with E-state index in [1.807, 2.05) is 6.07 Å². The Balaban J connectivity index is 1.90. The van der Waals surface area contributed by atoms with Gasteiger partial charge in [-0.05, 0) is 37.1 Å². The molecule has 2 rings (SSSR count). The SMILES string of the molecule is CCN(CCNS(=O)(=O)c1ccc(CC#N)cc1)C1CC1. The Morgan fingerprint density at radius 2 is 2.00 bits per heavy atom. The average molecular weight is 307 g/mol. The van der Waals surface area contributed by atoms with E-state index in [0.717, 1.165) is 18.7 Å². The third-order valence-corrected chi connectivity index (χ3v) is 5.15. The largest absolute Gasteiger partial charge is 0.299 e. The van der Waals surface area contributed by atoms with Gasteiger partial charge in [0, 0.05) is 19.1 Å². The highest BCUT2D eigenvalue weighted by molar-refractivity contribution is 7.89. The molecule has 0 spiro atoms. The molecule has 1 fully saturated rings. The molecule has 1 N–H and O–H groups in total. The first-order valence-corrected chi connectivity index (χ1v) is 8.74. The minimum absolute atomic E-state index is 0.249. The average Bonchev–Trinajstić information content (AvgIpc) is 3.29. The van der Waals surface area contributed by atoms with Crippen molar-refractivity contribution in [3.05, 3.63) is 29.8 Å². The molecule has 0 heterocycles. The van der Waals surface area contributed by atoms with Crippen LogP contribution in [0.4, 0.5) is 0 Å². The van der Waals surface area contributed by atoms with Gasteiger partial charge in [0.15, 0.2) is 0 Å². The number of nitrogens with one attached hydrogen (secondary N) is 1. The van der Waals surface area contributed by atoms with E-state index in [-0.39, 0.29) is 4.90 Å². The van der Waals surface area contributed by atoms with Crippen LogP contribution in [0.1, 0.15) is 25.3 Å². The van der Waals surface area contributed by atoms with Crippen molar-refractivity contribution in [3.63, 3.8) is 0 Å². The lowest BCUT2D eigenvalue weighted by Gasteiger charge is -2.19. The van der Waals surface area contributed by atoms with Gasteiger partial charge in [-0.1, -0.05) is 19.1 Å². The molecule has 1 aliphatic carbocycles. The van der Waals surface area contributed by atoms with E-state index in [0.29, 0.717) is 19.0 Å². The quantitative estimate of drug-likeness (QED) is 0.790. The molecule has 21 heavy (non-hydrogen) atoms. The van der Waals surface area contributed by atoms with Crippen LogP contribution in [0.2, 0.25) is 0 Å². The summed E-state index contributed by atoms with van der Waals surface area (Å²) in [5.41, 5.74) is 0.822. The van der Waals surface area contributed by atoms with Gasteiger partial charge in [-0.25, -0.2) is 13.1 Å². The molecule has 0 radical (unpaired) electrons. The number of hydrogen-bond donors (Lipinski definition) is 1. The van der Waals surface area contributed by atoms with Gasteiger partial charge in [0.2, 0.25) is 10.0 Å². The highest BCUT2D eigenvalue weighted by Gasteiger charge is 2.27. The van der Waals surface area contributed by atoms with Gasteiger partial charge in [0.05, 0.1) is 17.4 Å². The second kappa shape index (κ2) is 7.03. The van der Waals surface area contributed by atoms with Crippen LogP contribution in [-0.4, -0.2) is 39.0 Å². The van der Waals surface area contributed by atoms with Gasteiger partial charge >= 0.3 is 0 Å². The molecule has 1 aromatic rings. The predicted molar refractivity (Wildman–Crippen MR) is 81.2 cm³/mol. The standard InChI is InChI=1S/C15H21N3O2S/c1-2-18(14-5-6-14)12-11-17-21(19,20)15-7-3-13(4-8-15)9-10-16/h3-4,7-8,14,17H,2,5-6,9,11-12H2,1H3. The summed E-state index contributed by atoms with van der Waals surface area (Å²) in [5.74, 6) is 0. The number of hydrogen-bond acceptors (Lipinski definition) is 4. The first kappa shape index (κ1) is 16.0. The number of nitriles is 1. The number of sulfonamides is 1. The van der Waals surface area contributed by atoms with Gasteiger partial charge in [-0.2, -0.15) is 5.26 Å². The normalized spacial score (nSPS) is 15.1. The molecular weight excluding hydrogens is 286 g/mol. The molecule has 6 heteroatoms. The minimum Gasteiger partial charge on any atom is -0.299 e. The number of likely N-dealkylation sites (N-methyl/N-ethyl adjacent to an activating group) is 1. The fourth-order valence-corrected chi connectivity index (χ4v) is 3.34. The van der Waals surface area contributed by atoms with Crippen molar-refractivity contribution in [3.8, 4) is 6.07 Å². The smallest absolute Gasteiger partial charge is 0.240 e. The third-order valence-electron chi connectivity index (χ3n) is 3.68. The lowest BCUT2D eigenvalue weighted by molar-refractivity contribution is 0.282. The van der Waals surface area contributed by atoms with Crippen molar-refractivity contribution >= 4 is 10.0 Å². The highest BCUT2D eigenvalue weighted by Crippen LogP contribution is 2.25. The second-order valence-corrected chi connectivity index (χ2v) is 7.00. The third kappa shape index (κ3) is 4.53. The second-order valence-electron chi connectivity index (χ2n) is 5.24. The van der Waals surface area contributed by atoms with Crippen molar-refractivity contribution in [1.29, 1.82) is 5.26 Å². The Labute approximate surface area is 126 Å². The maximum absolute atomic E-state index is 12.2. The Morgan fingerprint density at radius 1 is 1.33 bits per heavy atom. The van der Waals surface area contributed by atoms with Crippen LogP contribution in [0.25, 0.3) is 0 Å². The summed E-state index contributed by atoms with van der Waals surface area (Å²) in [4.78, 5) is 2.55. The molecule has 5 nitrogen and oxygen atoms in total. The first-order chi connectivity index (χ1) is 10.1. The van der Waals surface area contributed by atoms with Crippen molar-refractivity contribution < 1.29 is 8.42 Å². The lowest BCUT2D eigenvalue weighted by atomic mass is 10.2. The molecule has 0 aliphatic heterocycles. The van der Waals surface area contributed by atoms with Gasteiger partial charge in [0.1, 0.15) is 0 Å². The van der Waals surface area contributed by atoms with E-state index < -0.39 is 10.0 Å². The molecular formula is C15H21N3O2S. The monoisotopic (exact) mass is 307 g/mol. The molecule has 0 amide bonds. The van der Waals surface area contributed by atoms with Crippen molar-refractivity contribution in [1.82, 2.24) is 9.62 Å². The Morgan fingerprint density at radius 3 is 2.52 bits per heavy atom. The van der Waals surface area contributed by atoms with Crippen LogP contribution < -0.4 is 4.72 Å².